The lowest BCUT2D eigenvalue weighted by molar-refractivity contribution is -0.144. The van der Waals surface area contributed by atoms with E-state index in [2.05, 4.69) is 83.1 Å². The van der Waals surface area contributed by atoms with Gasteiger partial charge in [0.1, 0.15) is 6.04 Å². The highest BCUT2D eigenvalue weighted by atomic mass is 16.5. The minimum absolute atomic E-state index is 0.0203. The number of aliphatic hydroxyl groups is 3. The molecule has 2 fully saturated rings. The van der Waals surface area contributed by atoms with Crippen molar-refractivity contribution in [3.05, 3.63) is 76.0 Å². The standard InChI is InChI=1S/C49H66N2O6/c1-25(2)37-40(54)35-34-28(31-24-43(4,5)57-44(6,7)36(31)39(34)53)23-29-30-22-27-17-18-32-47(12,20-15-16-26(3)42(55)50-45(8,9)46(10,11)56)33(52)19-21-48(32,13)49(27,14)41(30)51(37)38(29)35/h15-16,20,23-24,27,32-33,36-37,39,52-53,56H,1,17-19,21-22H2,2-14H3,(H,50,55)/b20-15+,26-16+/t27-,32-,33-,36+,37-,39+,47-,48-,49+/m0/s1. The second-order valence-electron chi connectivity index (χ2n) is 21.7. The molecule has 8 nitrogen and oxygen atoms in total. The van der Waals surface area contributed by atoms with Crippen molar-refractivity contribution in [3.63, 3.8) is 0 Å². The Morgan fingerprint density at radius 1 is 1.04 bits per heavy atom. The van der Waals surface area contributed by atoms with Gasteiger partial charge in [-0.15, -0.1) is 0 Å². The molecule has 0 radical (unpaired) electrons. The first kappa shape index (κ1) is 40.5. The lowest BCUT2D eigenvalue weighted by atomic mass is 9.40. The largest absolute Gasteiger partial charge is 0.392 e. The third-order valence-electron chi connectivity index (χ3n) is 16.7. The molecule has 8 heteroatoms. The molecule has 2 aliphatic heterocycles. The van der Waals surface area contributed by atoms with Crippen LogP contribution in [0.1, 0.15) is 161 Å². The van der Waals surface area contributed by atoms with Gasteiger partial charge < -0.3 is 29.9 Å². The number of carbonyl (C=O) groups excluding carboxylic acids is 2. The summed E-state index contributed by atoms with van der Waals surface area (Å²) in [7, 11) is 0. The lowest BCUT2D eigenvalue weighted by Gasteiger charge is -2.64. The molecule has 0 bridgehead atoms. The monoisotopic (exact) mass is 778 g/mol. The average Bonchev–Trinajstić information content (AvgIpc) is 3.74. The van der Waals surface area contributed by atoms with Gasteiger partial charge in [0.05, 0.1) is 45.6 Å². The summed E-state index contributed by atoms with van der Waals surface area (Å²) in [6.45, 7) is 30.5. The molecule has 0 saturated heterocycles. The van der Waals surface area contributed by atoms with Gasteiger partial charge in [0.25, 0.3) is 0 Å². The molecule has 3 heterocycles. The van der Waals surface area contributed by atoms with Crippen LogP contribution in [-0.2, 0) is 21.4 Å². The number of hydrogen-bond donors (Lipinski definition) is 4. The summed E-state index contributed by atoms with van der Waals surface area (Å²) in [5, 5.41) is 38.8. The van der Waals surface area contributed by atoms with Crippen LogP contribution >= 0.6 is 0 Å². The number of amides is 1. The van der Waals surface area contributed by atoms with Crippen LogP contribution in [0.4, 0.5) is 0 Å². The Bertz CT molecular complexity index is 2240. The van der Waals surface area contributed by atoms with E-state index in [9.17, 15) is 24.9 Å². The fourth-order valence-corrected chi connectivity index (χ4v) is 13.1. The van der Waals surface area contributed by atoms with Crippen molar-refractivity contribution in [2.45, 2.75) is 168 Å². The first-order chi connectivity index (χ1) is 26.1. The van der Waals surface area contributed by atoms with Gasteiger partial charge in [-0.2, -0.15) is 0 Å². The number of benzene rings is 1. The minimum Gasteiger partial charge on any atom is -0.392 e. The van der Waals surface area contributed by atoms with E-state index in [-0.39, 0.29) is 34.4 Å². The van der Waals surface area contributed by atoms with E-state index in [1.54, 1.807) is 20.8 Å². The maximum absolute atomic E-state index is 15.0. The van der Waals surface area contributed by atoms with Crippen LogP contribution in [-0.4, -0.2) is 60.0 Å². The van der Waals surface area contributed by atoms with Gasteiger partial charge in [-0.1, -0.05) is 51.2 Å². The highest BCUT2D eigenvalue weighted by Crippen LogP contribution is 2.71. The number of ketones is 1. The number of aliphatic hydroxyl groups excluding tert-OH is 2. The van der Waals surface area contributed by atoms with Crippen molar-refractivity contribution < 1.29 is 29.6 Å². The summed E-state index contributed by atoms with van der Waals surface area (Å²) < 4.78 is 8.90. The number of allylic oxidation sites excluding steroid dienone is 3. The number of rotatable bonds is 6. The Hall–Kier alpha value is -3.30. The Balaban J connectivity index is 1.25. The lowest BCUT2D eigenvalue weighted by Crippen LogP contribution is -2.62. The molecule has 57 heavy (non-hydrogen) atoms. The highest BCUT2D eigenvalue weighted by molar-refractivity contribution is 6.18. The van der Waals surface area contributed by atoms with Gasteiger partial charge in [-0.05, 0) is 147 Å². The summed E-state index contributed by atoms with van der Waals surface area (Å²) >= 11 is 0. The number of nitrogens with zero attached hydrogens (tertiary/aromatic N) is 1. The maximum Gasteiger partial charge on any atom is 0.247 e. The van der Waals surface area contributed by atoms with Crippen LogP contribution in [0, 0.1) is 28.6 Å². The molecular formula is C49H66N2O6. The van der Waals surface area contributed by atoms with E-state index in [0.717, 1.165) is 58.9 Å². The molecule has 4 N–H and O–H groups in total. The molecule has 6 aliphatic rings. The van der Waals surface area contributed by atoms with Crippen molar-refractivity contribution in [2.75, 3.05) is 0 Å². The predicted molar refractivity (Wildman–Crippen MR) is 226 cm³/mol. The topological polar surface area (TPSA) is 121 Å². The molecule has 1 amide bonds. The van der Waals surface area contributed by atoms with Gasteiger partial charge in [0, 0.05) is 39.0 Å². The Labute approximate surface area is 339 Å². The Morgan fingerprint density at radius 3 is 2.33 bits per heavy atom. The van der Waals surface area contributed by atoms with E-state index in [0.29, 0.717) is 23.5 Å². The van der Waals surface area contributed by atoms with Crippen molar-refractivity contribution >= 4 is 28.2 Å². The number of aromatic nitrogens is 1. The summed E-state index contributed by atoms with van der Waals surface area (Å²) in [4.78, 5) is 28.2. The molecule has 0 spiro atoms. The number of hydrogen-bond acceptors (Lipinski definition) is 6. The van der Waals surface area contributed by atoms with Gasteiger partial charge in [0.15, 0.2) is 5.78 Å². The van der Waals surface area contributed by atoms with Crippen LogP contribution in [0.2, 0.25) is 0 Å². The molecule has 1 aromatic carbocycles. The Kier molecular flexibility index (Phi) is 8.62. The van der Waals surface area contributed by atoms with Crippen LogP contribution in [0.5, 0.6) is 0 Å². The van der Waals surface area contributed by atoms with E-state index in [1.807, 2.05) is 32.9 Å². The van der Waals surface area contributed by atoms with Gasteiger partial charge in [-0.3, -0.25) is 9.59 Å². The second kappa shape index (κ2) is 12.1. The van der Waals surface area contributed by atoms with E-state index < -0.39 is 46.0 Å². The summed E-state index contributed by atoms with van der Waals surface area (Å²) in [6.07, 6.45) is 11.0. The number of Topliss-reactive ketones (excluding diaryl/α,β-unsaturated/α-hetero) is 1. The summed E-state index contributed by atoms with van der Waals surface area (Å²) in [5.74, 6) is -0.0162. The highest BCUT2D eigenvalue weighted by Gasteiger charge is 2.68. The minimum atomic E-state index is -1.11. The molecule has 8 rings (SSSR count). The zero-order chi connectivity index (χ0) is 42.0. The Morgan fingerprint density at radius 2 is 1.70 bits per heavy atom. The van der Waals surface area contributed by atoms with Gasteiger partial charge >= 0.3 is 0 Å². The quantitative estimate of drug-likeness (QED) is 0.132. The third-order valence-corrected chi connectivity index (χ3v) is 16.7. The molecule has 9 atom stereocenters. The van der Waals surface area contributed by atoms with Crippen molar-refractivity contribution in [2.24, 2.45) is 28.6 Å². The number of nitrogens with one attached hydrogen (secondary N) is 1. The molecular weight excluding hydrogens is 713 g/mol. The fraction of sp³-hybridized carbons (Fsp3) is 0.633. The van der Waals surface area contributed by atoms with Crippen LogP contribution in [0.15, 0.2) is 48.1 Å². The van der Waals surface area contributed by atoms with Crippen LogP contribution in [0.25, 0.3) is 16.5 Å². The van der Waals surface area contributed by atoms with E-state index >= 15 is 0 Å². The zero-order valence-electron chi connectivity index (χ0n) is 36.6. The van der Waals surface area contributed by atoms with E-state index in [1.165, 1.54) is 11.3 Å². The molecule has 308 valence electrons. The number of fused-ring (bicyclic) bond motifs is 11. The predicted octanol–water partition coefficient (Wildman–Crippen LogP) is 8.76. The normalized spacial score (nSPS) is 36.5. The van der Waals surface area contributed by atoms with E-state index in [4.69, 9.17) is 4.74 Å². The van der Waals surface area contributed by atoms with Crippen molar-refractivity contribution in [1.82, 2.24) is 9.88 Å². The summed E-state index contributed by atoms with van der Waals surface area (Å²) in [6, 6.07) is 1.75. The van der Waals surface area contributed by atoms with Gasteiger partial charge in [0.2, 0.25) is 5.91 Å². The summed E-state index contributed by atoms with van der Waals surface area (Å²) in [5.41, 5.74) is 4.10. The van der Waals surface area contributed by atoms with Gasteiger partial charge in [-0.25, -0.2) is 0 Å². The number of carbonyl (C=O) groups is 2. The molecule has 4 aliphatic carbocycles. The average molecular weight is 779 g/mol. The fourth-order valence-electron chi connectivity index (χ4n) is 13.1. The zero-order valence-corrected chi connectivity index (χ0v) is 36.6. The second-order valence-corrected chi connectivity index (χ2v) is 21.7. The number of ether oxygens (including phenoxy) is 1. The van der Waals surface area contributed by atoms with Crippen LogP contribution in [0.3, 0.4) is 0 Å². The van der Waals surface area contributed by atoms with Crippen LogP contribution < -0.4 is 5.32 Å². The maximum atomic E-state index is 15.0. The van der Waals surface area contributed by atoms with Crippen molar-refractivity contribution in [3.8, 4) is 0 Å². The molecule has 1 aromatic heterocycles. The smallest absolute Gasteiger partial charge is 0.247 e. The molecule has 2 saturated carbocycles. The first-order valence-electron chi connectivity index (χ1n) is 21.3. The SMILES string of the molecule is C=C(C)[C@H]1C(=O)c2c3c(cc4c5c(n1c24)[C@@]1(C)[C@@H](CC[C@H]2[C@](C)(/C=C/C=C(\C)C(=O)NC(C)(C)C(C)(C)O)[C@@H](O)CC[C@@]21C)C5)C1=CC(C)(C)OC(C)(C)[C@H]1[C@@H]3O. The van der Waals surface area contributed by atoms with Crippen molar-refractivity contribution in [1.29, 1.82) is 0 Å². The molecule has 0 unspecified atom stereocenters. The first-order valence-corrected chi connectivity index (χ1v) is 21.3. The third kappa shape index (κ3) is 5.25. The molecule has 2 aromatic rings.